The molecule has 1 aromatic heterocycles. The molecule has 1 aromatic carbocycles. The summed E-state index contributed by atoms with van der Waals surface area (Å²) in [6.45, 7) is 8.58. The van der Waals surface area contributed by atoms with E-state index in [1.165, 1.54) is 4.90 Å². The lowest BCUT2D eigenvalue weighted by molar-refractivity contribution is -0.140. The number of Topliss-reactive ketones (excluding diaryl/α,β-unsaturated/α-hetero) is 1. The highest BCUT2D eigenvalue weighted by Crippen LogP contribution is 2.40. The first-order valence-corrected chi connectivity index (χ1v) is 10.5. The number of hydrogen-bond donors (Lipinski definition) is 1. The Kier molecular flexibility index (Phi) is 7.17. The molecule has 0 radical (unpaired) electrons. The molecule has 1 atom stereocenters. The smallest absolute Gasteiger partial charge is 0.295 e. The average Bonchev–Trinajstić information content (AvgIpc) is 3.28. The predicted octanol–water partition coefficient (Wildman–Crippen LogP) is 4.22. The number of nitrogens with zero attached hydrogens (tertiary/aromatic N) is 1. The Bertz CT molecular complexity index is 974. The fourth-order valence-electron chi connectivity index (χ4n) is 3.50. The van der Waals surface area contributed by atoms with E-state index in [4.69, 9.17) is 13.9 Å². The molecular weight excluding hydrogens is 398 g/mol. The first-order valence-electron chi connectivity index (χ1n) is 10.5. The van der Waals surface area contributed by atoms with Crippen LogP contribution in [-0.2, 0) is 14.3 Å². The van der Waals surface area contributed by atoms with Crippen molar-refractivity contribution in [3.8, 4) is 5.75 Å². The molecule has 0 aliphatic carbocycles. The minimum atomic E-state index is -0.829. The number of hydrogen-bond acceptors (Lipinski definition) is 6. The molecule has 2 aromatic rings. The predicted molar refractivity (Wildman–Crippen MR) is 116 cm³/mol. The Morgan fingerprint density at radius 3 is 2.61 bits per heavy atom. The molecule has 0 bridgehead atoms. The Morgan fingerprint density at radius 1 is 1.19 bits per heavy atom. The third kappa shape index (κ3) is 4.99. The molecule has 2 heterocycles. The molecule has 0 saturated carbocycles. The molecule has 1 aliphatic heterocycles. The molecule has 1 N–H and O–H groups in total. The third-order valence-corrected chi connectivity index (χ3v) is 4.93. The van der Waals surface area contributed by atoms with Crippen molar-refractivity contribution < 1.29 is 28.6 Å². The minimum Gasteiger partial charge on any atom is -0.507 e. The van der Waals surface area contributed by atoms with Gasteiger partial charge in [0.1, 0.15) is 29.1 Å². The molecule has 1 fully saturated rings. The van der Waals surface area contributed by atoms with Crippen LogP contribution in [-0.4, -0.2) is 47.6 Å². The summed E-state index contributed by atoms with van der Waals surface area (Å²) >= 11 is 0. The largest absolute Gasteiger partial charge is 0.507 e. The quantitative estimate of drug-likeness (QED) is 0.366. The van der Waals surface area contributed by atoms with Crippen molar-refractivity contribution in [2.75, 3.05) is 19.8 Å². The number of likely N-dealkylation sites (tertiary alicyclic amines) is 1. The maximum atomic E-state index is 13.0. The van der Waals surface area contributed by atoms with E-state index >= 15 is 0 Å². The van der Waals surface area contributed by atoms with Gasteiger partial charge in [-0.1, -0.05) is 19.1 Å². The summed E-state index contributed by atoms with van der Waals surface area (Å²) in [6.07, 6.45) is 0.837. The van der Waals surface area contributed by atoms with Gasteiger partial charge in [0, 0.05) is 12.1 Å². The van der Waals surface area contributed by atoms with Gasteiger partial charge in [0.25, 0.3) is 11.7 Å². The van der Waals surface area contributed by atoms with Crippen LogP contribution in [0.1, 0.15) is 50.3 Å². The number of aliphatic hydroxyl groups is 1. The van der Waals surface area contributed by atoms with Crippen molar-refractivity contribution in [1.82, 2.24) is 4.90 Å². The van der Waals surface area contributed by atoms with Crippen LogP contribution in [0.3, 0.4) is 0 Å². The van der Waals surface area contributed by atoms with Gasteiger partial charge in [-0.3, -0.25) is 9.59 Å². The van der Waals surface area contributed by atoms with Gasteiger partial charge >= 0.3 is 0 Å². The fraction of sp³-hybridized carbons (Fsp3) is 0.417. The molecule has 166 valence electrons. The Balaban J connectivity index is 2.03. The second-order valence-electron chi connectivity index (χ2n) is 7.74. The summed E-state index contributed by atoms with van der Waals surface area (Å²) in [5.74, 6) is -0.0509. The second-order valence-corrected chi connectivity index (χ2v) is 7.74. The normalized spacial score (nSPS) is 18.2. The van der Waals surface area contributed by atoms with Crippen LogP contribution in [0.4, 0.5) is 0 Å². The molecule has 0 spiro atoms. The summed E-state index contributed by atoms with van der Waals surface area (Å²) in [5, 5.41) is 11.1. The highest BCUT2D eigenvalue weighted by molar-refractivity contribution is 6.46. The first-order chi connectivity index (χ1) is 14.8. The van der Waals surface area contributed by atoms with Crippen molar-refractivity contribution >= 4 is 17.4 Å². The number of rotatable bonds is 9. The van der Waals surface area contributed by atoms with Crippen LogP contribution in [0.25, 0.3) is 5.76 Å². The lowest BCUT2D eigenvalue weighted by atomic mass is 9.99. The van der Waals surface area contributed by atoms with Crippen molar-refractivity contribution in [2.24, 2.45) is 0 Å². The topological polar surface area (TPSA) is 89.2 Å². The Morgan fingerprint density at radius 2 is 1.97 bits per heavy atom. The molecule has 7 nitrogen and oxygen atoms in total. The first kappa shape index (κ1) is 22.6. The second kappa shape index (κ2) is 9.83. The Labute approximate surface area is 182 Å². The van der Waals surface area contributed by atoms with Gasteiger partial charge in [-0.05, 0) is 51.5 Å². The summed E-state index contributed by atoms with van der Waals surface area (Å²) in [4.78, 5) is 27.2. The average molecular weight is 427 g/mol. The van der Waals surface area contributed by atoms with E-state index in [1.807, 2.05) is 20.8 Å². The van der Waals surface area contributed by atoms with Gasteiger partial charge < -0.3 is 23.9 Å². The van der Waals surface area contributed by atoms with E-state index in [0.29, 0.717) is 29.4 Å². The summed E-state index contributed by atoms with van der Waals surface area (Å²) in [5.41, 5.74) is 0.398. The zero-order chi connectivity index (χ0) is 22.5. The van der Waals surface area contributed by atoms with E-state index in [2.05, 4.69) is 0 Å². The lowest BCUT2D eigenvalue weighted by Gasteiger charge is -2.23. The number of carbonyl (C=O) groups is 2. The van der Waals surface area contributed by atoms with Crippen LogP contribution in [0.2, 0.25) is 0 Å². The number of ketones is 1. The number of aryl methyl sites for hydroxylation is 1. The SMILES string of the molecule is CCCOc1cccc(/C(O)=C2/C(=O)C(=O)N(CCOC(C)C)C2c2ccc(C)o2)c1. The number of aliphatic hydroxyl groups excluding tert-OH is 1. The lowest BCUT2D eigenvalue weighted by Crippen LogP contribution is -2.33. The summed E-state index contributed by atoms with van der Waals surface area (Å²) in [7, 11) is 0. The van der Waals surface area contributed by atoms with Crippen molar-refractivity contribution in [3.05, 3.63) is 59.1 Å². The van der Waals surface area contributed by atoms with Crippen LogP contribution in [0.5, 0.6) is 5.75 Å². The van der Waals surface area contributed by atoms with Crippen molar-refractivity contribution in [3.63, 3.8) is 0 Å². The maximum Gasteiger partial charge on any atom is 0.295 e. The molecule has 7 heteroatoms. The van der Waals surface area contributed by atoms with E-state index in [0.717, 1.165) is 6.42 Å². The van der Waals surface area contributed by atoms with Gasteiger partial charge in [0.05, 0.1) is 24.9 Å². The van der Waals surface area contributed by atoms with Crippen LogP contribution in [0, 0.1) is 6.92 Å². The van der Waals surface area contributed by atoms with E-state index in [9.17, 15) is 14.7 Å². The maximum absolute atomic E-state index is 13.0. The van der Waals surface area contributed by atoms with Crippen LogP contribution >= 0.6 is 0 Å². The number of amides is 1. The van der Waals surface area contributed by atoms with Crippen molar-refractivity contribution in [2.45, 2.75) is 46.3 Å². The fourth-order valence-corrected chi connectivity index (χ4v) is 3.50. The molecule has 31 heavy (non-hydrogen) atoms. The number of benzene rings is 1. The molecule has 1 aliphatic rings. The molecule has 3 rings (SSSR count). The van der Waals surface area contributed by atoms with E-state index in [-0.39, 0.29) is 30.6 Å². The van der Waals surface area contributed by atoms with E-state index in [1.54, 1.807) is 43.3 Å². The zero-order valence-corrected chi connectivity index (χ0v) is 18.4. The molecular formula is C24H29NO6. The van der Waals surface area contributed by atoms with Crippen LogP contribution < -0.4 is 4.74 Å². The third-order valence-electron chi connectivity index (χ3n) is 4.93. The summed E-state index contributed by atoms with van der Waals surface area (Å²) in [6, 6.07) is 9.50. The van der Waals surface area contributed by atoms with E-state index < -0.39 is 17.7 Å². The van der Waals surface area contributed by atoms with Gasteiger partial charge in [0.15, 0.2) is 0 Å². The zero-order valence-electron chi connectivity index (χ0n) is 18.4. The number of carbonyl (C=O) groups excluding carboxylic acids is 2. The molecule has 1 unspecified atom stereocenters. The highest BCUT2D eigenvalue weighted by atomic mass is 16.5. The molecule has 1 amide bonds. The highest BCUT2D eigenvalue weighted by Gasteiger charge is 2.47. The Hall–Kier alpha value is -3.06. The monoisotopic (exact) mass is 427 g/mol. The van der Waals surface area contributed by atoms with Gasteiger partial charge in [-0.15, -0.1) is 0 Å². The molecule has 1 saturated heterocycles. The standard InChI is InChI=1S/C24H29NO6/c1-5-12-30-18-8-6-7-17(14-18)22(26)20-21(19-10-9-16(4)31-19)25(24(28)23(20)27)11-13-29-15(2)3/h6-10,14-15,21,26H,5,11-13H2,1-4H3/b22-20-. The number of furan rings is 1. The van der Waals surface area contributed by atoms with Crippen LogP contribution in [0.15, 0.2) is 46.4 Å². The number of ether oxygens (including phenoxy) is 2. The minimum absolute atomic E-state index is 0.00321. The van der Waals surface area contributed by atoms with Gasteiger partial charge in [0.2, 0.25) is 0 Å². The van der Waals surface area contributed by atoms with Gasteiger partial charge in [-0.2, -0.15) is 0 Å². The van der Waals surface area contributed by atoms with Crippen molar-refractivity contribution in [1.29, 1.82) is 0 Å². The summed E-state index contributed by atoms with van der Waals surface area (Å²) < 4.78 is 17.0. The van der Waals surface area contributed by atoms with Gasteiger partial charge in [-0.25, -0.2) is 0 Å².